The number of urea groups is 1. The van der Waals surface area contributed by atoms with Gasteiger partial charge >= 0.3 is 6.03 Å². The van der Waals surface area contributed by atoms with Crippen LogP contribution in [0.4, 0.5) is 16.3 Å². The number of anilines is 2. The first-order valence-corrected chi connectivity index (χ1v) is 8.13. The third-order valence-corrected chi connectivity index (χ3v) is 4.07. The number of hydrogen-bond acceptors (Lipinski definition) is 5. The number of aromatic nitrogens is 5. The van der Waals surface area contributed by atoms with Gasteiger partial charge in [-0.15, -0.1) is 15.3 Å². The van der Waals surface area contributed by atoms with E-state index in [9.17, 15) is 4.79 Å². The smallest absolute Gasteiger partial charge is 0.315 e. The van der Waals surface area contributed by atoms with E-state index in [2.05, 4.69) is 35.6 Å². The molecular formula is C17H17N7O. The van der Waals surface area contributed by atoms with Gasteiger partial charge < -0.3 is 9.88 Å². The topological polar surface area (TPSA) is 97.6 Å². The average molecular weight is 335 g/mol. The second-order valence-corrected chi connectivity index (χ2v) is 5.85. The maximum absolute atomic E-state index is 11.9. The highest BCUT2D eigenvalue weighted by Gasteiger charge is 2.17. The Labute approximate surface area is 144 Å². The first-order valence-electron chi connectivity index (χ1n) is 8.13. The summed E-state index contributed by atoms with van der Waals surface area (Å²) < 4.78 is 2.19. The van der Waals surface area contributed by atoms with Crippen LogP contribution in [0.25, 0.3) is 0 Å². The molecule has 2 aromatic heterocycles. The van der Waals surface area contributed by atoms with E-state index < -0.39 is 0 Å². The maximum Gasteiger partial charge on any atom is 0.324 e. The van der Waals surface area contributed by atoms with Crippen molar-refractivity contribution in [3.63, 3.8) is 0 Å². The van der Waals surface area contributed by atoms with Crippen molar-refractivity contribution in [2.45, 2.75) is 25.8 Å². The van der Waals surface area contributed by atoms with Gasteiger partial charge in [0.1, 0.15) is 11.6 Å². The lowest BCUT2D eigenvalue weighted by Gasteiger charge is -2.08. The Morgan fingerprint density at radius 2 is 1.96 bits per heavy atom. The lowest BCUT2D eigenvalue weighted by Crippen LogP contribution is -2.20. The number of hydrogen-bond donors (Lipinski definition) is 2. The van der Waals surface area contributed by atoms with Crippen LogP contribution in [-0.2, 0) is 19.4 Å². The van der Waals surface area contributed by atoms with Crippen molar-refractivity contribution in [2.24, 2.45) is 0 Å². The quantitative estimate of drug-likeness (QED) is 0.762. The Hall–Kier alpha value is -3.29. The van der Waals surface area contributed by atoms with Gasteiger partial charge in [-0.25, -0.2) is 4.79 Å². The van der Waals surface area contributed by atoms with Gasteiger partial charge in [0.25, 0.3) is 0 Å². The highest BCUT2D eigenvalue weighted by atomic mass is 16.2. The first-order chi connectivity index (χ1) is 12.3. The molecule has 126 valence electrons. The van der Waals surface area contributed by atoms with Gasteiger partial charge in [-0.1, -0.05) is 12.1 Å². The molecule has 0 spiro atoms. The normalized spacial score (nSPS) is 12.6. The lowest BCUT2D eigenvalue weighted by molar-refractivity contribution is 0.262. The van der Waals surface area contributed by atoms with Crippen LogP contribution in [0, 0.1) is 0 Å². The van der Waals surface area contributed by atoms with Crippen LogP contribution in [0.2, 0.25) is 0 Å². The summed E-state index contributed by atoms with van der Waals surface area (Å²) in [6, 6.07) is 10.7. The summed E-state index contributed by atoms with van der Waals surface area (Å²) in [5.74, 6) is 2.47. The Morgan fingerprint density at radius 3 is 2.76 bits per heavy atom. The zero-order chi connectivity index (χ0) is 17.1. The zero-order valence-corrected chi connectivity index (χ0v) is 13.5. The minimum atomic E-state index is -0.358. The second-order valence-electron chi connectivity index (χ2n) is 5.85. The van der Waals surface area contributed by atoms with Crippen LogP contribution in [0.1, 0.15) is 23.6 Å². The predicted octanol–water partition coefficient (Wildman–Crippen LogP) is 2.25. The Balaban J connectivity index is 1.37. The summed E-state index contributed by atoms with van der Waals surface area (Å²) in [6.45, 7) is 1.000. The van der Waals surface area contributed by atoms with E-state index in [0.717, 1.165) is 43.0 Å². The molecule has 0 unspecified atom stereocenters. The van der Waals surface area contributed by atoms with Crippen LogP contribution in [0.3, 0.4) is 0 Å². The molecule has 0 radical (unpaired) electrons. The van der Waals surface area contributed by atoms with Gasteiger partial charge in [0.05, 0.1) is 0 Å². The van der Waals surface area contributed by atoms with Gasteiger partial charge in [-0.05, 0) is 36.2 Å². The Bertz CT molecular complexity index is 874. The van der Waals surface area contributed by atoms with E-state index in [1.165, 1.54) is 0 Å². The maximum atomic E-state index is 11.9. The van der Waals surface area contributed by atoms with Crippen molar-refractivity contribution < 1.29 is 4.79 Å². The SMILES string of the molecule is O=C(Nc1ccc(Cc2nnc3n2CCC3)cc1)Nc1cccnn1. The van der Waals surface area contributed by atoms with Crippen LogP contribution in [0.15, 0.2) is 42.6 Å². The average Bonchev–Trinajstić information content (AvgIpc) is 3.22. The number of rotatable bonds is 4. The number of fused-ring (bicyclic) bond motifs is 1. The molecule has 0 bridgehead atoms. The molecule has 1 aliphatic rings. The fourth-order valence-electron chi connectivity index (χ4n) is 2.88. The van der Waals surface area contributed by atoms with E-state index in [-0.39, 0.29) is 6.03 Å². The predicted molar refractivity (Wildman–Crippen MR) is 92.3 cm³/mol. The van der Waals surface area contributed by atoms with Gasteiger partial charge in [0.15, 0.2) is 5.82 Å². The van der Waals surface area contributed by atoms with Gasteiger partial charge in [0.2, 0.25) is 0 Å². The summed E-state index contributed by atoms with van der Waals surface area (Å²) in [5.41, 5.74) is 1.83. The van der Waals surface area contributed by atoms with E-state index in [0.29, 0.717) is 11.5 Å². The monoisotopic (exact) mass is 335 g/mol. The van der Waals surface area contributed by atoms with Crippen LogP contribution < -0.4 is 10.6 Å². The molecule has 25 heavy (non-hydrogen) atoms. The van der Waals surface area contributed by atoms with Gasteiger partial charge in [-0.2, -0.15) is 5.10 Å². The third-order valence-electron chi connectivity index (χ3n) is 4.07. The van der Waals surface area contributed by atoms with Crippen LogP contribution in [0.5, 0.6) is 0 Å². The van der Waals surface area contributed by atoms with E-state index in [4.69, 9.17) is 0 Å². The van der Waals surface area contributed by atoms with Crippen molar-refractivity contribution in [3.05, 3.63) is 59.8 Å². The highest BCUT2D eigenvalue weighted by Crippen LogP contribution is 2.18. The molecule has 8 heteroatoms. The lowest BCUT2D eigenvalue weighted by atomic mass is 10.1. The molecule has 1 aliphatic heterocycles. The molecule has 2 N–H and O–H groups in total. The highest BCUT2D eigenvalue weighted by molar-refractivity contribution is 5.99. The number of benzene rings is 1. The first kappa shape index (κ1) is 15.3. The van der Waals surface area contributed by atoms with Gasteiger partial charge in [0, 0.05) is 31.3 Å². The molecule has 0 saturated carbocycles. The minimum Gasteiger partial charge on any atom is -0.315 e. The molecule has 8 nitrogen and oxygen atoms in total. The van der Waals surface area contributed by atoms with Crippen molar-refractivity contribution >= 4 is 17.5 Å². The van der Waals surface area contributed by atoms with Crippen molar-refractivity contribution in [1.29, 1.82) is 0 Å². The van der Waals surface area contributed by atoms with E-state index >= 15 is 0 Å². The number of amides is 2. The largest absolute Gasteiger partial charge is 0.324 e. The molecule has 1 aromatic carbocycles. The molecule has 2 amide bonds. The van der Waals surface area contributed by atoms with Gasteiger partial charge in [-0.3, -0.25) is 5.32 Å². The molecule has 3 heterocycles. The number of carbonyl (C=O) groups is 1. The summed E-state index contributed by atoms with van der Waals surface area (Å²) in [7, 11) is 0. The molecule has 0 fully saturated rings. The van der Waals surface area contributed by atoms with E-state index in [1.807, 2.05) is 24.3 Å². The molecule has 4 rings (SSSR count). The molecular weight excluding hydrogens is 318 g/mol. The van der Waals surface area contributed by atoms with Crippen LogP contribution >= 0.6 is 0 Å². The Kier molecular flexibility index (Phi) is 4.07. The summed E-state index contributed by atoms with van der Waals surface area (Å²) in [5, 5.41) is 21.4. The number of aryl methyl sites for hydroxylation is 1. The molecule has 0 aliphatic carbocycles. The molecule has 0 saturated heterocycles. The van der Waals surface area contributed by atoms with Crippen molar-refractivity contribution in [2.75, 3.05) is 10.6 Å². The second kappa shape index (κ2) is 6.68. The minimum absolute atomic E-state index is 0.358. The third kappa shape index (κ3) is 3.47. The fraction of sp³-hybridized carbons (Fsp3) is 0.235. The Morgan fingerprint density at radius 1 is 1.08 bits per heavy atom. The summed E-state index contributed by atoms with van der Waals surface area (Å²) in [6.07, 6.45) is 4.43. The fourth-order valence-corrected chi connectivity index (χ4v) is 2.88. The summed E-state index contributed by atoms with van der Waals surface area (Å²) in [4.78, 5) is 11.9. The molecule has 0 atom stereocenters. The number of nitrogens with one attached hydrogen (secondary N) is 2. The van der Waals surface area contributed by atoms with Crippen LogP contribution in [-0.4, -0.2) is 31.0 Å². The standard InChI is InChI=1S/C17H17N7O/c25-17(20-14-3-1-9-18-21-14)19-13-7-5-12(6-8-13)11-16-23-22-15-4-2-10-24(15)16/h1,3,5-9H,2,4,10-11H2,(H2,19,20,21,25). The summed E-state index contributed by atoms with van der Waals surface area (Å²) >= 11 is 0. The van der Waals surface area contributed by atoms with E-state index in [1.54, 1.807) is 18.3 Å². The van der Waals surface area contributed by atoms with Crippen molar-refractivity contribution in [3.8, 4) is 0 Å². The molecule has 3 aromatic rings. The zero-order valence-electron chi connectivity index (χ0n) is 13.5. The van der Waals surface area contributed by atoms with Crippen molar-refractivity contribution in [1.82, 2.24) is 25.0 Å². The number of carbonyl (C=O) groups excluding carboxylic acids is 1. The number of nitrogens with zero attached hydrogens (tertiary/aromatic N) is 5.